The normalized spacial score (nSPS) is 21.6. The molecular weight excluding hydrogens is 342 g/mol. The van der Waals surface area contributed by atoms with Crippen molar-refractivity contribution in [3.8, 4) is 11.3 Å². The highest BCUT2D eigenvalue weighted by molar-refractivity contribution is 5.62. The lowest BCUT2D eigenvalue weighted by atomic mass is 10.0. The van der Waals surface area contributed by atoms with Crippen LogP contribution in [0, 0.1) is 13.8 Å². The number of hydrogen-bond donors (Lipinski definition) is 0. The summed E-state index contributed by atoms with van der Waals surface area (Å²) >= 11 is 0. The minimum atomic E-state index is 0.0722. The van der Waals surface area contributed by atoms with Crippen LogP contribution in [0.15, 0.2) is 30.6 Å². The molecule has 0 aliphatic carbocycles. The number of pyridine rings is 1. The molecule has 0 amide bonds. The van der Waals surface area contributed by atoms with E-state index in [1.807, 2.05) is 36.9 Å². The maximum atomic E-state index is 6.06. The van der Waals surface area contributed by atoms with Crippen LogP contribution in [0.25, 0.3) is 11.3 Å². The molecule has 0 N–H and O–H groups in total. The van der Waals surface area contributed by atoms with Gasteiger partial charge in [0.2, 0.25) is 5.95 Å². The average Bonchev–Trinajstić information content (AvgIpc) is 3.17. The van der Waals surface area contributed by atoms with E-state index in [4.69, 9.17) is 9.72 Å². The smallest absolute Gasteiger partial charge is 0.225 e. The van der Waals surface area contributed by atoms with E-state index in [9.17, 15) is 0 Å². The lowest BCUT2D eigenvalue weighted by molar-refractivity contribution is -0.0336. The fourth-order valence-corrected chi connectivity index (χ4v) is 3.98. The zero-order valence-corrected chi connectivity index (χ0v) is 15.4. The van der Waals surface area contributed by atoms with Crippen molar-refractivity contribution >= 4 is 5.95 Å². The number of fused-ring (bicyclic) bond motifs is 3. The molecule has 2 unspecified atom stereocenters. The van der Waals surface area contributed by atoms with Crippen LogP contribution in [0.3, 0.4) is 0 Å². The Hall–Kier alpha value is -2.87. The first-order valence-electron chi connectivity index (χ1n) is 9.22. The predicted molar refractivity (Wildman–Crippen MR) is 99.2 cm³/mol. The van der Waals surface area contributed by atoms with Crippen LogP contribution in [-0.2, 0) is 11.3 Å². The molecule has 0 bridgehead atoms. The minimum Gasteiger partial charge on any atom is -0.368 e. The molecule has 138 valence electrons. The van der Waals surface area contributed by atoms with Gasteiger partial charge in [0.25, 0.3) is 0 Å². The fourth-order valence-electron chi connectivity index (χ4n) is 3.98. The molecule has 8 heteroatoms. The molecule has 2 aliphatic heterocycles. The van der Waals surface area contributed by atoms with Gasteiger partial charge in [0.1, 0.15) is 0 Å². The molecule has 1 saturated heterocycles. The third kappa shape index (κ3) is 2.86. The topological polar surface area (TPSA) is 81.9 Å². The monoisotopic (exact) mass is 363 g/mol. The quantitative estimate of drug-likeness (QED) is 0.689. The summed E-state index contributed by atoms with van der Waals surface area (Å²) in [6.07, 6.45) is 4.61. The van der Waals surface area contributed by atoms with Gasteiger partial charge in [-0.2, -0.15) is 0 Å². The van der Waals surface area contributed by atoms with Crippen molar-refractivity contribution in [2.24, 2.45) is 0 Å². The summed E-state index contributed by atoms with van der Waals surface area (Å²) in [5.74, 6) is 0.735. The summed E-state index contributed by atoms with van der Waals surface area (Å²) in [5, 5.41) is 8.26. The molecule has 3 aromatic heterocycles. The molecule has 2 atom stereocenters. The Morgan fingerprint density at radius 2 is 2.07 bits per heavy atom. The van der Waals surface area contributed by atoms with Gasteiger partial charge in [0, 0.05) is 36.2 Å². The fraction of sp³-hybridized carbons (Fsp3) is 0.421. The number of piperidine rings is 1. The lowest BCUT2D eigenvalue weighted by Gasteiger charge is -2.40. The zero-order chi connectivity index (χ0) is 18.4. The summed E-state index contributed by atoms with van der Waals surface area (Å²) in [7, 11) is 0. The Kier molecular flexibility index (Phi) is 3.86. The second kappa shape index (κ2) is 6.38. The zero-order valence-electron chi connectivity index (χ0n) is 15.4. The van der Waals surface area contributed by atoms with Crippen molar-refractivity contribution < 1.29 is 4.74 Å². The first-order chi connectivity index (χ1) is 13.2. The third-order valence-corrected chi connectivity index (χ3v) is 5.36. The molecule has 5 heterocycles. The van der Waals surface area contributed by atoms with Crippen molar-refractivity contribution in [2.45, 2.75) is 39.0 Å². The maximum Gasteiger partial charge on any atom is 0.225 e. The van der Waals surface area contributed by atoms with Gasteiger partial charge in [0.15, 0.2) is 0 Å². The molecule has 0 radical (unpaired) electrons. The van der Waals surface area contributed by atoms with Crippen LogP contribution in [0.2, 0.25) is 0 Å². The summed E-state index contributed by atoms with van der Waals surface area (Å²) < 4.78 is 8.08. The molecular formula is C19H21N7O. The second-order valence-corrected chi connectivity index (χ2v) is 7.15. The van der Waals surface area contributed by atoms with Gasteiger partial charge in [-0.05, 0) is 38.5 Å². The standard InChI is InChI=1S/C19H21N7O/c1-12-3-4-15(13(2)22-12)16-5-7-20-19(23-16)25-8-6-17-18(10-25)27-11-14-9-21-24-26(14)17/h3-5,7,9,17-18H,6,8,10-11H2,1-2H3. The molecule has 0 spiro atoms. The molecule has 8 nitrogen and oxygen atoms in total. The molecule has 0 saturated carbocycles. The number of ether oxygens (including phenoxy) is 1. The van der Waals surface area contributed by atoms with E-state index in [1.54, 1.807) is 6.20 Å². The van der Waals surface area contributed by atoms with Gasteiger partial charge in [0.05, 0.1) is 36.3 Å². The number of nitrogens with zero attached hydrogens (tertiary/aromatic N) is 7. The number of aryl methyl sites for hydroxylation is 2. The Morgan fingerprint density at radius 1 is 1.15 bits per heavy atom. The lowest BCUT2D eigenvalue weighted by Crippen LogP contribution is -2.49. The number of hydrogen-bond acceptors (Lipinski definition) is 7. The van der Waals surface area contributed by atoms with E-state index in [-0.39, 0.29) is 12.1 Å². The second-order valence-electron chi connectivity index (χ2n) is 7.15. The number of rotatable bonds is 2. The van der Waals surface area contributed by atoms with Gasteiger partial charge in [-0.1, -0.05) is 5.21 Å². The molecule has 5 rings (SSSR count). The Labute approximate surface area is 157 Å². The molecule has 2 aliphatic rings. The van der Waals surface area contributed by atoms with Crippen LogP contribution in [-0.4, -0.2) is 49.1 Å². The van der Waals surface area contributed by atoms with Gasteiger partial charge in [-0.15, -0.1) is 5.10 Å². The van der Waals surface area contributed by atoms with Crippen LogP contribution in [0.4, 0.5) is 5.95 Å². The van der Waals surface area contributed by atoms with E-state index in [0.29, 0.717) is 6.61 Å². The Balaban J connectivity index is 1.40. The van der Waals surface area contributed by atoms with Gasteiger partial charge in [-0.3, -0.25) is 4.98 Å². The van der Waals surface area contributed by atoms with Crippen molar-refractivity contribution in [1.29, 1.82) is 0 Å². The first kappa shape index (κ1) is 16.3. The van der Waals surface area contributed by atoms with E-state index >= 15 is 0 Å². The summed E-state index contributed by atoms with van der Waals surface area (Å²) in [6.45, 7) is 6.17. The van der Waals surface area contributed by atoms with E-state index in [0.717, 1.165) is 53.8 Å². The predicted octanol–water partition coefficient (Wildman–Crippen LogP) is 2.10. The number of anilines is 1. The molecule has 1 fully saturated rings. The van der Waals surface area contributed by atoms with Crippen LogP contribution in [0.1, 0.15) is 29.5 Å². The van der Waals surface area contributed by atoms with Crippen molar-refractivity contribution in [3.05, 3.63) is 47.7 Å². The van der Waals surface area contributed by atoms with Gasteiger partial charge in [-0.25, -0.2) is 14.6 Å². The summed E-state index contributed by atoms with van der Waals surface area (Å²) in [6, 6.07) is 6.27. The Morgan fingerprint density at radius 3 is 2.96 bits per heavy atom. The highest BCUT2D eigenvalue weighted by Gasteiger charge is 2.37. The third-order valence-electron chi connectivity index (χ3n) is 5.36. The molecule has 3 aromatic rings. The van der Waals surface area contributed by atoms with E-state index in [1.165, 1.54) is 0 Å². The highest BCUT2D eigenvalue weighted by atomic mass is 16.5. The van der Waals surface area contributed by atoms with Crippen molar-refractivity contribution in [3.63, 3.8) is 0 Å². The highest BCUT2D eigenvalue weighted by Crippen LogP contribution is 2.32. The largest absolute Gasteiger partial charge is 0.368 e. The minimum absolute atomic E-state index is 0.0722. The van der Waals surface area contributed by atoms with E-state index in [2.05, 4.69) is 31.2 Å². The van der Waals surface area contributed by atoms with E-state index < -0.39 is 0 Å². The van der Waals surface area contributed by atoms with Crippen LogP contribution >= 0.6 is 0 Å². The summed E-state index contributed by atoms with van der Waals surface area (Å²) in [4.78, 5) is 16.1. The first-order valence-corrected chi connectivity index (χ1v) is 9.22. The van der Waals surface area contributed by atoms with Crippen LogP contribution in [0.5, 0.6) is 0 Å². The van der Waals surface area contributed by atoms with Crippen LogP contribution < -0.4 is 4.90 Å². The number of aromatic nitrogens is 6. The molecule has 0 aromatic carbocycles. The SMILES string of the molecule is Cc1ccc(-c2ccnc(N3CCC4C(C3)OCc3cnnn34)n2)c(C)n1. The summed E-state index contributed by atoms with van der Waals surface area (Å²) in [5.41, 5.74) is 4.98. The molecule has 27 heavy (non-hydrogen) atoms. The average molecular weight is 363 g/mol. The maximum absolute atomic E-state index is 6.06. The van der Waals surface area contributed by atoms with Crippen molar-refractivity contribution in [1.82, 2.24) is 29.9 Å². The Bertz CT molecular complexity index is 986. The van der Waals surface area contributed by atoms with Gasteiger partial charge >= 0.3 is 0 Å². The van der Waals surface area contributed by atoms with Gasteiger partial charge < -0.3 is 9.64 Å². The van der Waals surface area contributed by atoms with Crippen molar-refractivity contribution in [2.75, 3.05) is 18.0 Å².